The Balaban J connectivity index is 2.06. The smallest absolute Gasteiger partial charge is 0.144 e. The van der Waals surface area contributed by atoms with Crippen LogP contribution in [0, 0.1) is 27.7 Å². The Morgan fingerprint density at radius 3 is 2.07 bits per heavy atom. The molecule has 2 heteroatoms. The lowest BCUT2D eigenvalue weighted by atomic mass is 10.00. The van der Waals surface area contributed by atoms with Crippen molar-refractivity contribution in [3.8, 4) is 28.3 Å². The molecule has 3 aromatic carbocycles. The first kappa shape index (κ1) is 17.3. The third-order valence-electron chi connectivity index (χ3n) is 5.12. The zero-order chi connectivity index (χ0) is 19.0. The van der Waals surface area contributed by atoms with Crippen LogP contribution >= 0.6 is 0 Å². The number of hydrogen-bond donors (Lipinski definition) is 0. The monoisotopic (exact) mass is 352 g/mol. The normalized spacial score (nSPS) is 11.0. The molecule has 0 radical (unpaired) electrons. The van der Waals surface area contributed by atoms with Crippen molar-refractivity contribution in [2.45, 2.75) is 27.7 Å². The minimum Gasteiger partial charge on any atom is -0.292 e. The number of imidazole rings is 1. The molecular formula is C25H24N2. The van der Waals surface area contributed by atoms with Crippen molar-refractivity contribution in [2.24, 2.45) is 0 Å². The van der Waals surface area contributed by atoms with E-state index in [0.29, 0.717) is 0 Å². The van der Waals surface area contributed by atoms with Crippen LogP contribution < -0.4 is 0 Å². The molecule has 0 aliphatic carbocycles. The highest BCUT2D eigenvalue weighted by atomic mass is 15.1. The molecule has 0 N–H and O–H groups in total. The van der Waals surface area contributed by atoms with Gasteiger partial charge in [0.15, 0.2) is 0 Å². The van der Waals surface area contributed by atoms with E-state index in [1.165, 1.54) is 33.5 Å². The van der Waals surface area contributed by atoms with Gasteiger partial charge < -0.3 is 0 Å². The lowest BCUT2D eigenvalue weighted by Gasteiger charge is -2.18. The molecule has 4 rings (SSSR count). The third kappa shape index (κ3) is 3.08. The van der Waals surface area contributed by atoms with E-state index in [9.17, 15) is 0 Å². The minimum absolute atomic E-state index is 0.972. The van der Waals surface area contributed by atoms with Crippen LogP contribution in [0.25, 0.3) is 28.3 Å². The molecule has 0 fully saturated rings. The average Bonchev–Trinajstić information content (AvgIpc) is 3.07. The van der Waals surface area contributed by atoms with Crippen LogP contribution in [0.2, 0.25) is 0 Å². The first-order chi connectivity index (χ1) is 13.1. The summed E-state index contributed by atoms with van der Waals surface area (Å²) in [7, 11) is 0. The topological polar surface area (TPSA) is 17.8 Å². The van der Waals surface area contributed by atoms with Gasteiger partial charge in [0.1, 0.15) is 5.82 Å². The van der Waals surface area contributed by atoms with E-state index in [-0.39, 0.29) is 0 Å². The van der Waals surface area contributed by atoms with Gasteiger partial charge in [-0.25, -0.2) is 4.98 Å². The lowest BCUT2D eigenvalue weighted by Crippen LogP contribution is -2.04. The Morgan fingerprint density at radius 1 is 0.704 bits per heavy atom. The zero-order valence-corrected chi connectivity index (χ0v) is 16.3. The number of aryl methyl sites for hydroxylation is 4. The van der Waals surface area contributed by atoms with Gasteiger partial charge in [-0.1, -0.05) is 66.2 Å². The molecule has 0 atom stereocenters. The van der Waals surface area contributed by atoms with Crippen LogP contribution in [0.1, 0.15) is 22.3 Å². The molecule has 0 amide bonds. The quantitative estimate of drug-likeness (QED) is 0.415. The predicted octanol–water partition coefficient (Wildman–Crippen LogP) is 6.44. The Labute approximate surface area is 161 Å². The van der Waals surface area contributed by atoms with Crippen LogP contribution in [0.5, 0.6) is 0 Å². The Morgan fingerprint density at radius 2 is 1.41 bits per heavy atom. The van der Waals surface area contributed by atoms with E-state index in [1.54, 1.807) is 0 Å². The summed E-state index contributed by atoms with van der Waals surface area (Å²) >= 11 is 0. The number of aromatic nitrogens is 2. The summed E-state index contributed by atoms with van der Waals surface area (Å²) in [5, 5.41) is 0. The first-order valence-electron chi connectivity index (χ1n) is 9.33. The maximum atomic E-state index is 4.85. The molecule has 134 valence electrons. The molecule has 0 saturated heterocycles. The summed E-state index contributed by atoms with van der Waals surface area (Å²) in [6, 6.07) is 23.5. The maximum absolute atomic E-state index is 4.85. The fourth-order valence-electron chi connectivity index (χ4n) is 3.84. The van der Waals surface area contributed by atoms with Gasteiger partial charge in [0.25, 0.3) is 0 Å². The van der Waals surface area contributed by atoms with Crippen LogP contribution in [0.4, 0.5) is 0 Å². The number of benzene rings is 3. The number of rotatable bonds is 3. The molecule has 0 unspecified atom stereocenters. The summed E-state index contributed by atoms with van der Waals surface area (Å²) in [6.07, 6.45) is 2.01. The van der Waals surface area contributed by atoms with Crippen molar-refractivity contribution in [3.05, 3.63) is 95.2 Å². The Hall–Kier alpha value is -3.13. The molecule has 0 aliphatic heterocycles. The summed E-state index contributed by atoms with van der Waals surface area (Å²) in [6.45, 7) is 8.65. The molecule has 0 bridgehead atoms. The van der Waals surface area contributed by atoms with Gasteiger partial charge in [0, 0.05) is 11.1 Å². The summed E-state index contributed by atoms with van der Waals surface area (Å²) in [5.74, 6) is 0.972. The lowest BCUT2D eigenvalue weighted by molar-refractivity contribution is 1.05. The van der Waals surface area contributed by atoms with Gasteiger partial charge in [-0.05, 0) is 50.5 Å². The zero-order valence-electron chi connectivity index (χ0n) is 16.3. The minimum atomic E-state index is 0.972. The van der Waals surface area contributed by atoms with Crippen molar-refractivity contribution in [1.29, 1.82) is 0 Å². The molecule has 0 spiro atoms. The van der Waals surface area contributed by atoms with Crippen molar-refractivity contribution in [3.63, 3.8) is 0 Å². The maximum Gasteiger partial charge on any atom is 0.144 e. The van der Waals surface area contributed by atoms with Crippen LogP contribution in [0.15, 0.2) is 72.9 Å². The molecule has 27 heavy (non-hydrogen) atoms. The van der Waals surface area contributed by atoms with E-state index in [4.69, 9.17) is 4.98 Å². The Kier molecular flexibility index (Phi) is 4.41. The van der Waals surface area contributed by atoms with Gasteiger partial charge in [0.05, 0.1) is 17.6 Å². The largest absolute Gasteiger partial charge is 0.292 e. The molecular weight excluding hydrogens is 328 g/mol. The van der Waals surface area contributed by atoms with Crippen molar-refractivity contribution in [1.82, 2.24) is 9.55 Å². The molecule has 0 saturated carbocycles. The fourth-order valence-corrected chi connectivity index (χ4v) is 3.84. The van der Waals surface area contributed by atoms with E-state index >= 15 is 0 Å². The standard InChI is InChI=1S/C25H24N2/c1-17-13-14-22(20(4)15-17)27-23(24-18(2)9-8-10-19(24)3)16-26-25(27)21-11-6-5-7-12-21/h5-16H,1-4H3. The molecule has 2 nitrogen and oxygen atoms in total. The first-order valence-corrected chi connectivity index (χ1v) is 9.33. The number of hydrogen-bond acceptors (Lipinski definition) is 1. The summed E-state index contributed by atoms with van der Waals surface area (Å²) in [4.78, 5) is 4.85. The molecule has 1 heterocycles. The van der Waals surface area contributed by atoms with E-state index < -0.39 is 0 Å². The highest BCUT2D eigenvalue weighted by molar-refractivity contribution is 5.74. The van der Waals surface area contributed by atoms with Gasteiger partial charge in [0.2, 0.25) is 0 Å². The van der Waals surface area contributed by atoms with E-state index in [1.807, 2.05) is 12.3 Å². The summed E-state index contributed by atoms with van der Waals surface area (Å²) in [5.41, 5.74) is 9.73. The van der Waals surface area contributed by atoms with E-state index in [0.717, 1.165) is 17.1 Å². The van der Waals surface area contributed by atoms with Crippen molar-refractivity contribution >= 4 is 0 Å². The van der Waals surface area contributed by atoms with Crippen molar-refractivity contribution < 1.29 is 0 Å². The van der Waals surface area contributed by atoms with Crippen LogP contribution in [-0.4, -0.2) is 9.55 Å². The second-order valence-electron chi connectivity index (χ2n) is 7.23. The SMILES string of the molecule is Cc1ccc(-n2c(-c3c(C)cccc3C)cnc2-c2ccccc2)c(C)c1. The van der Waals surface area contributed by atoms with Gasteiger partial charge >= 0.3 is 0 Å². The van der Waals surface area contributed by atoms with Crippen molar-refractivity contribution in [2.75, 3.05) is 0 Å². The Bertz CT molecular complexity index is 1080. The second kappa shape index (κ2) is 6.88. The molecule has 1 aromatic heterocycles. The second-order valence-corrected chi connectivity index (χ2v) is 7.23. The predicted molar refractivity (Wildman–Crippen MR) is 113 cm³/mol. The van der Waals surface area contributed by atoms with Crippen LogP contribution in [-0.2, 0) is 0 Å². The van der Waals surface area contributed by atoms with Gasteiger partial charge in [-0.15, -0.1) is 0 Å². The molecule has 0 aliphatic rings. The fraction of sp³-hybridized carbons (Fsp3) is 0.160. The van der Waals surface area contributed by atoms with Gasteiger partial charge in [-0.2, -0.15) is 0 Å². The van der Waals surface area contributed by atoms with Crippen LogP contribution in [0.3, 0.4) is 0 Å². The highest BCUT2D eigenvalue weighted by Gasteiger charge is 2.18. The number of nitrogens with zero attached hydrogens (tertiary/aromatic N) is 2. The third-order valence-corrected chi connectivity index (χ3v) is 5.12. The summed E-state index contributed by atoms with van der Waals surface area (Å²) < 4.78 is 2.30. The highest BCUT2D eigenvalue weighted by Crippen LogP contribution is 2.34. The van der Waals surface area contributed by atoms with E-state index in [2.05, 4.69) is 92.9 Å². The molecule has 4 aromatic rings. The average molecular weight is 352 g/mol. The van der Waals surface area contributed by atoms with Gasteiger partial charge in [-0.3, -0.25) is 4.57 Å².